The van der Waals surface area contributed by atoms with E-state index < -0.39 is 0 Å². The minimum atomic E-state index is -0.373. The van der Waals surface area contributed by atoms with Crippen LogP contribution in [-0.2, 0) is 4.79 Å². The number of carbonyl (C=O) groups excluding carboxylic acids is 2. The van der Waals surface area contributed by atoms with Crippen molar-refractivity contribution in [1.82, 2.24) is 10.2 Å². The fraction of sp³-hybridized carbons (Fsp3) is 0.467. The summed E-state index contributed by atoms with van der Waals surface area (Å²) in [6.07, 6.45) is 2.62. The van der Waals surface area contributed by atoms with Gasteiger partial charge in [0.2, 0.25) is 5.91 Å². The molecule has 0 bridgehead atoms. The number of hydrogen-bond donors (Lipinski definition) is 2. The zero-order valence-corrected chi connectivity index (χ0v) is 12.0. The number of nitrogens with one attached hydrogen (secondary N) is 1. The van der Waals surface area contributed by atoms with Crippen molar-refractivity contribution in [2.45, 2.75) is 32.2 Å². The SMILES string of the molecule is CNC(=O)C1CCCCN1C(=O)c1cccc(N)c1C. The van der Waals surface area contributed by atoms with Crippen molar-refractivity contribution in [1.29, 1.82) is 0 Å². The minimum absolute atomic E-state index is 0.0976. The topological polar surface area (TPSA) is 75.4 Å². The first-order valence-electron chi connectivity index (χ1n) is 6.94. The van der Waals surface area contributed by atoms with Crippen LogP contribution < -0.4 is 11.1 Å². The lowest BCUT2D eigenvalue weighted by Gasteiger charge is -2.34. The molecule has 2 rings (SSSR count). The maximum Gasteiger partial charge on any atom is 0.254 e. The van der Waals surface area contributed by atoms with Gasteiger partial charge in [0.05, 0.1) is 0 Å². The fourth-order valence-electron chi connectivity index (χ4n) is 2.65. The van der Waals surface area contributed by atoms with Gasteiger partial charge >= 0.3 is 0 Å². The van der Waals surface area contributed by atoms with Crippen LogP contribution in [0.1, 0.15) is 35.2 Å². The van der Waals surface area contributed by atoms with Gasteiger partial charge in [-0.2, -0.15) is 0 Å². The van der Waals surface area contributed by atoms with E-state index in [0.29, 0.717) is 24.2 Å². The molecule has 2 amide bonds. The average molecular weight is 275 g/mol. The molecule has 0 aromatic heterocycles. The molecule has 1 unspecified atom stereocenters. The predicted molar refractivity (Wildman–Crippen MR) is 78.3 cm³/mol. The first-order valence-corrected chi connectivity index (χ1v) is 6.94. The highest BCUT2D eigenvalue weighted by atomic mass is 16.2. The lowest BCUT2D eigenvalue weighted by Crippen LogP contribution is -2.51. The van der Waals surface area contributed by atoms with Gasteiger partial charge in [0.1, 0.15) is 6.04 Å². The number of likely N-dealkylation sites (N-methyl/N-ethyl adjacent to an activating group) is 1. The Morgan fingerprint density at radius 2 is 2.10 bits per heavy atom. The van der Waals surface area contributed by atoms with Crippen molar-refractivity contribution in [3.05, 3.63) is 29.3 Å². The number of nitrogens with zero attached hydrogens (tertiary/aromatic N) is 1. The van der Waals surface area contributed by atoms with E-state index in [9.17, 15) is 9.59 Å². The Bertz CT molecular complexity index is 528. The van der Waals surface area contributed by atoms with Crippen molar-refractivity contribution >= 4 is 17.5 Å². The van der Waals surface area contributed by atoms with Crippen LogP contribution in [0.15, 0.2) is 18.2 Å². The number of benzene rings is 1. The molecule has 1 aromatic carbocycles. The molecule has 5 nitrogen and oxygen atoms in total. The van der Waals surface area contributed by atoms with E-state index in [-0.39, 0.29) is 17.9 Å². The summed E-state index contributed by atoms with van der Waals surface area (Å²) < 4.78 is 0. The Morgan fingerprint density at radius 3 is 2.80 bits per heavy atom. The molecule has 0 saturated carbocycles. The second-order valence-electron chi connectivity index (χ2n) is 5.14. The summed E-state index contributed by atoms with van der Waals surface area (Å²) in [4.78, 5) is 26.3. The molecule has 1 aliphatic heterocycles. The highest BCUT2D eigenvalue weighted by Crippen LogP contribution is 2.23. The van der Waals surface area contributed by atoms with Crippen molar-refractivity contribution in [3.63, 3.8) is 0 Å². The van der Waals surface area contributed by atoms with Crippen LogP contribution in [0.2, 0.25) is 0 Å². The molecule has 0 aliphatic carbocycles. The van der Waals surface area contributed by atoms with Gasteiger partial charge in [0.15, 0.2) is 0 Å². The van der Waals surface area contributed by atoms with Crippen LogP contribution in [0.5, 0.6) is 0 Å². The zero-order chi connectivity index (χ0) is 14.7. The number of nitrogen functional groups attached to an aromatic ring is 1. The van der Waals surface area contributed by atoms with E-state index in [0.717, 1.165) is 18.4 Å². The Kier molecular flexibility index (Phi) is 4.27. The second kappa shape index (κ2) is 5.94. The van der Waals surface area contributed by atoms with Gasteiger partial charge in [-0.3, -0.25) is 9.59 Å². The molecule has 0 spiro atoms. The van der Waals surface area contributed by atoms with Crippen molar-refractivity contribution in [2.75, 3.05) is 19.3 Å². The Balaban J connectivity index is 2.30. The van der Waals surface area contributed by atoms with Gasteiger partial charge in [0.25, 0.3) is 5.91 Å². The number of amides is 2. The van der Waals surface area contributed by atoms with Crippen molar-refractivity contribution in [2.24, 2.45) is 0 Å². The Morgan fingerprint density at radius 1 is 1.35 bits per heavy atom. The van der Waals surface area contributed by atoms with Crippen LogP contribution >= 0.6 is 0 Å². The molecule has 0 radical (unpaired) electrons. The third-order valence-electron chi connectivity index (χ3n) is 3.92. The minimum Gasteiger partial charge on any atom is -0.398 e. The first kappa shape index (κ1) is 14.4. The molecule has 108 valence electrons. The lowest BCUT2D eigenvalue weighted by molar-refractivity contribution is -0.126. The van der Waals surface area contributed by atoms with Gasteiger partial charge in [-0.25, -0.2) is 0 Å². The number of nitrogens with two attached hydrogens (primary N) is 1. The van der Waals surface area contributed by atoms with Gasteiger partial charge in [-0.15, -0.1) is 0 Å². The molecule has 1 aliphatic rings. The quantitative estimate of drug-likeness (QED) is 0.799. The molecule has 20 heavy (non-hydrogen) atoms. The smallest absolute Gasteiger partial charge is 0.254 e. The maximum atomic E-state index is 12.7. The van der Waals surface area contributed by atoms with Crippen LogP contribution in [0.4, 0.5) is 5.69 Å². The van der Waals surface area contributed by atoms with Gasteiger partial charge in [0, 0.05) is 24.8 Å². The summed E-state index contributed by atoms with van der Waals surface area (Å²) in [6, 6.07) is 4.94. The zero-order valence-electron chi connectivity index (χ0n) is 12.0. The maximum absolute atomic E-state index is 12.7. The van der Waals surface area contributed by atoms with Gasteiger partial charge < -0.3 is 16.0 Å². The van der Waals surface area contributed by atoms with E-state index >= 15 is 0 Å². The van der Waals surface area contributed by atoms with E-state index in [1.807, 2.05) is 6.92 Å². The van der Waals surface area contributed by atoms with Gasteiger partial charge in [-0.05, 0) is 43.9 Å². The average Bonchev–Trinajstić information content (AvgIpc) is 2.48. The molecule has 1 saturated heterocycles. The van der Waals surface area contributed by atoms with Crippen molar-refractivity contribution < 1.29 is 9.59 Å². The van der Waals surface area contributed by atoms with Crippen LogP contribution in [0.25, 0.3) is 0 Å². The molecular weight excluding hydrogens is 254 g/mol. The monoisotopic (exact) mass is 275 g/mol. The molecule has 1 heterocycles. The Labute approximate surface area is 119 Å². The summed E-state index contributed by atoms with van der Waals surface area (Å²) in [5, 5.41) is 2.64. The number of piperidine rings is 1. The molecular formula is C15H21N3O2. The van der Waals surface area contributed by atoms with E-state index in [1.54, 1.807) is 30.1 Å². The molecule has 1 fully saturated rings. The predicted octanol–water partition coefficient (Wildman–Crippen LogP) is 1.32. The molecule has 3 N–H and O–H groups in total. The molecule has 1 atom stereocenters. The molecule has 1 aromatic rings. The number of carbonyl (C=O) groups is 2. The number of hydrogen-bond acceptors (Lipinski definition) is 3. The second-order valence-corrected chi connectivity index (χ2v) is 5.14. The largest absolute Gasteiger partial charge is 0.398 e. The molecule has 5 heteroatoms. The standard InChI is InChI=1S/C15H21N3O2/c1-10-11(6-5-7-12(10)16)15(20)18-9-4-3-8-13(18)14(19)17-2/h5-7,13H,3-4,8-9,16H2,1-2H3,(H,17,19). The van der Waals surface area contributed by atoms with Crippen LogP contribution in [0.3, 0.4) is 0 Å². The number of anilines is 1. The first-order chi connectivity index (χ1) is 9.56. The number of likely N-dealkylation sites (tertiary alicyclic amines) is 1. The van der Waals surface area contributed by atoms with E-state index in [1.165, 1.54) is 0 Å². The van der Waals surface area contributed by atoms with Crippen LogP contribution in [0, 0.1) is 6.92 Å². The Hall–Kier alpha value is -2.04. The van der Waals surface area contributed by atoms with Crippen molar-refractivity contribution in [3.8, 4) is 0 Å². The third-order valence-corrected chi connectivity index (χ3v) is 3.92. The fourth-order valence-corrected chi connectivity index (χ4v) is 2.65. The summed E-state index contributed by atoms with van der Waals surface area (Å²) in [5.41, 5.74) is 7.82. The summed E-state index contributed by atoms with van der Waals surface area (Å²) in [5.74, 6) is -0.206. The normalized spacial score (nSPS) is 18.7. The summed E-state index contributed by atoms with van der Waals surface area (Å²) in [7, 11) is 1.60. The van der Waals surface area contributed by atoms with Crippen LogP contribution in [-0.4, -0.2) is 36.3 Å². The number of rotatable bonds is 2. The lowest BCUT2D eigenvalue weighted by atomic mass is 9.98. The summed E-state index contributed by atoms with van der Waals surface area (Å²) >= 11 is 0. The highest BCUT2D eigenvalue weighted by molar-refractivity contribution is 5.99. The highest BCUT2D eigenvalue weighted by Gasteiger charge is 2.32. The van der Waals surface area contributed by atoms with E-state index in [2.05, 4.69) is 5.32 Å². The van der Waals surface area contributed by atoms with E-state index in [4.69, 9.17) is 5.73 Å². The summed E-state index contributed by atoms with van der Waals surface area (Å²) in [6.45, 7) is 2.45. The van der Waals surface area contributed by atoms with Gasteiger partial charge in [-0.1, -0.05) is 6.07 Å². The third kappa shape index (κ3) is 2.61.